The van der Waals surface area contributed by atoms with Crippen molar-refractivity contribution < 1.29 is 9.53 Å². The van der Waals surface area contributed by atoms with Crippen LogP contribution in [-0.2, 0) is 9.53 Å². The summed E-state index contributed by atoms with van der Waals surface area (Å²) in [6, 6.07) is 0. The summed E-state index contributed by atoms with van der Waals surface area (Å²) in [4.78, 5) is 13.1. The fourth-order valence-electron chi connectivity index (χ4n) is 4.27. The Labute approximate surface area is 200 Å². The van der Waals surface area contributed by atoms with Crippen molar-refractivity contribution in [1.82, 2.24) is 0 Å². The molecular formula is C26H54O2Sn. The first-order chi connectivity index (χ1) is 13.6. The predicted octanol–water partition coefficient (Wildman–Crippen LogP) is 7.66. The van der Waals surface area contributed by atoms with E-state index in [0.717, 1.165) is 19.3 Å². The Morgan fingerprint density at radius 2 is 1.03 bits per heavy atom. The van der Waals surface area contributed by atoms with Gasteiger partial charge in [0.2, 0.25) is 0 Å². The summed E-state index contributed by atoms with van der Waals surface area (Å²) in [5.41, 5.74) is 0. The van der Waals surface area contributed by atoms with Crippen LogP contribution in [0.2, 0.25) is 0 Å². The molecule has 0 amide bonds. The van der Waals surface area contributed by atoms with Gasteiger partial charge in [-0.05, 0) is 37.0 Å². The van der Waals surface area contributed by atoms with E-state index in [1.807, 2.05) is 0 Å². The molecule has 3 unspecified atom stereocenters. The first-order valence-corrected chi connectivity index (χ1v) is 12.7. The molecule has 0 bridgehead atoms. The van der Waals surface area contributed by atoms with Crippen LogP contribution >= 0.6 is 0 Å². The van der Waals surface area contributed by atoms with E-state index in [4.69, 9.17) is 4.74 Å². The Morgan fingerprint density at radius 3 is 1.38 bits per heavy atom. The molecule has 174 valence electrons. The van der Waals surface area contributed by atoms with E-state index in [-0.39, 0.29) is 35.8 Å². The first kappa shape index (κ1) is 31.5. The van der Waals surface area contributed by atoms with E-state index in [9.17, 15) is 4.79 Å². The summed E-state index contributed by atoms with van der Waals surface area (Å²) in [5, 5.41) is 0. The average Bonchev–Trinajstić information content (AvgIpc) is 2.72. The van der Waals surface area contributed by atoms with Crippen LogP contribution in [0.25, 0.3) is 0 Å². The Morgan fingerprint density at radius 1 is 0.655 bits per heavy atom. The van der Waals surface area contributed by atoms with Gasteiger partial charge >= 0.3 is 29.9 Å². The summed E-state index contributed by atoms with van der Waals surface area (Å²) < 4.78 is 5.92. The van der Waals surface area contributed by atoms with E-state index in [2.05, 4.69) is 41.5 Å². The fourth-order valence-corrected chi connectivity index (χ4v) is 4.27. The third-order valence-corrected chi connectivity index (χ3v) is 6.66. The van der Waals surface area contributed by atoms with Gasteiger partial charge in [-0.1, -0.05) is 112 Å². The summed E-state index contributed by atoms with van der Waals surface area (Å²) in [6.07, 6.45) is 16.8. The zero-order valence-electron chi connectivity index (χ0n) is 20.9. The van der Waals surface area contributed by atoms with Crippen molar-refractivity contribution in [2.45, 2.75) is 131 Å². The number of rotatable bonds is 19. The zero-order chi connectivity index (χ0) is 21.2. The van der Waals surface area contributed by atoms with Gasteiger partial charge in [-0.15, -0.1) is 0 Å². The molecule has 0 aromatic rings. The Balaban J connectivity index is 0. The maximum absolute atomic E-state index is 13.1. The van der Waals surface area contributed by atoms with Crippen LogP contribution in [-0.4, -0.2) is 36.5 Å². The minimum atomic E-state index is 0. The molecule has 0 saturated carbocycles. The molecule has 3 heteroatoms. The molecule has 0 aliphatic heterocycles. The van der Waals surface area contributed by atoms with Crippen molar-refractivity contribution in [3.8, 4) is 0 Å². The quantitative estimate of drug-likeness (QED) is 0.130. The number of unbranched alkanes of at least 4 members (excludes halogenated alkanes) is 3. The second-order valence-electron chi connectivity index (χ2n) is 9.05. The van der Waals surface area contributed by atoms with E-state index in [1.54, 1.807) is 0 Å². The number of carbonyl (C=O) groups excluding carboxylic acids is 1. The Kier molecular flexibility index (Phi) is 23.3. The number of ether oxygens (including phenoxy) is 1. The van der Waals surface area contributed by atoms with Gasteiger partial charge in [-0.2, -0.15) is 0 Å². The maximum atomic E-state index is 13.1. The van der Waals surface area contributed by atoms with Crippen molar-refractivity contribution in [2.75, 3.05) is 6.61 Å². The van der Waals surface area contributed by atoms with Crippen molar-refractivity contribution >= 4 is 29.9 Å². The number of esters is 1. The van der Waals surface area contributed by atoms with Gasteiger partial charge in [0, 0.05) is 0 Å². The molecule has 3 atom stereocenters. The van der Waals surface area contributed by atoms with E-state index < -0.39 is 0 Å². The fraction of sp³-hybridized carbons (Fsp3) is 0.962. The van der Waals surface area contributed by atoms with Crippen molar-refractivity contribution in [3.63, 3.8) is 0 Å². The SMILES string of the molecule is CCCCC(CC)COC(=O)C(CC(CC)CCCC)CC(CC)CCCC.[SnH2]. The van der Waals surface area contributed by atoms with Crippen LogP contribution in [0.4, 0.5) is 0 Å². The monoisotopic (exact) mass is 518 g/mol. The molecule has 2 radical (unpaired) electrons. The van der Waals surface area contributed by atoms with Gasteiger partial charge in [0.1, 0.15) is 0 Å². The molecule has 0 aliphatic rings. The van der Waals surface area contributed by atoms with Crippen LogP contribution < -0.4 is 0 Å². The molecule has 0 heterocycles. The van der Waals surface area contributed by atoms with E-state index in [1.165, 1.54) is 70.6 Å². The summed E-state index contributed by atoms with van der Waals surface area (Å²) in [5.74, 6) is 2.08. The molecule has 2 nitrogen and oxygen atoms in total. The average molecular weight is 517 g/mol. The molecule has 29 heavy (non-hydrogen) atoms. The molecule has 0 rings (SSSR count). The van der Waals surface area contributed by atoms with Gasteiger partial charge in [0.25, 0.3) is 0 Å². The molecule has 0 N–H and O–H groups in total. The third kappa shape index (κ3) is 15.7. The van der Waals surface area contributed by atoms with Crippen molar-refractivity contribution in [3.05, 3.63) is 0 Å². The molecular weight excluding hydrogens is 463 g/mol. The van der Waals surface area contributed by atoms with Crippen LogP contribution in [0.1, 0.15) is 131 Å². The zero-order valence-corrected chi connectivity index (χ0v) is 25.0. The van der Waals surface area contributed by atoms with Crippen molar-refractivity contribution in [1.29, 1.82) is 0 Å². The Bertz CT molecular complexity index is 341. The summed E-state index contributed by atoms with van der Waals surface area (Å²) in [6.45, 7) is 14.2. The standard InChI is InChI=1S/C26H52O2.Sn.2H/c1-7-13-16-22(10-4)19-25(20-23(11-5)17-14-8-2)26(27)28-21-24(12-6)18-15-9-3;;;/h22-25H,7-21H2,1-6H3;;;. The van der Waals surface area contributed by atoms with Gasteiger partial charge < -0.3 is 4.74 Å². The summed E-state index contributed by atoms with van der Waals surface area (Å²) >= 11 is 0. The van der Waals surface area contributed by atoms with Crippen LogP contribution in [0, 0.1) is 23.7 Å². The second kappa shape index (κ2) is 21.5. The van der Waals surface area contributed by atoms with Crippen LogP contribution in [0.15, 0.2) is 0 Å². The number of carbonyl (C=O) groups is 1. The minimum absolute atomic E-state index is 0. The molecule has 0 aromatic carbocycles. The van der Waals surface area contributed by atoms with Gasteiger partial charge in [-0.25, -0.2) is 0 Å². The first-order valence-electron chi connectivity index (χ1n) is 12.7. The molecule has 0 aliphatic carbocycles. The predicted molar refractivity (Wildman–Crippen MR) is 132 cm³/mol. The number of hydrogen-bond donors (Lipinski definition) is 0. The number of hydrogen-bond acceptors (Lipinski definition) is 2. The van der Waals surface area contributed by atoms with E-state index >= 15 is 0 Å². The summed E-state index contributed by atoms with van der Waals surface area (Å²) in [7, 11) is 0. The van der Waals surface area contributed by atoms with Gasteiger partial charge in [-0.3, -0.25) is 4.79 Å². The molecule has 0 spiro atoms. The molecule has 0 fully saturated rings. The third-order valence-electron chi connectivity index (χ3n) is 6.66. The van der Waals surface area contributed by atoms with Gasteiger partial charge in [0.15, 0.2) is 0 Å². The van der Waals surface area contributed by atoms with Gasteiger partial charge in [0.05, 0.1) is 12.5 Å². The van der Waals surface area contributed by atoms with Crippen molar-refractivity contribution in [2.24, 2.45) is 23.7 Å². The Hall–Kier alpha value is 0.269. The van der Waals surface area contributed by atoms with E-state index in [0.29, 0.717) is 24.4 Å². The second-order valence-corrected chi connectivity index (χ2v) is 9.05. The van der Waals surface area contributed by atoms with Crippen LogP contribution in [0.3, 0.4) is 0 Å². The normalized spacial score (nSPS) is 15.2. The topological polar surface area (TPSA) is 26.3 Å². The van der Waals surface area contributed by atoms with Crippen LogP contribution in [0.5, 0.6) is 0 Å². The molecule has 0 saturated heterocycles. The molecule has 0 aromatic heterocycles.